The van der Waals surface area contributed by atoms with Gasteiger partial charge in [0, 0.05) is 11.3 Å². The third-order valence-corrected chi connectivity index (χ3v) is 3.81. The van der Waals surface area contributed by atoms with Gasteiger partial charge in [0.1, 0.15) is 6.04 Å². The molecule has 0 aliphatic carbocycles. The molecule has 0 aliphatic heterocycles. The van der Waals surface area contributed by atoms with Gasteiger partial charge in [0.2, 0.25) is 0 Å². The summed E-state index contributed by atoms with van der Waals surface area (Å²) in [4.78, 5) is 23.5. The predicted molar refractivity (Wildman–Crippen MR) is 91.0 cm³/mol. The van der Waals surface area contributed by atoms with E-state index in [-0.39, 0.29) is 5.91 Å². The van der Waals surface area contributed by atoms with E-state index >= 15 is 0 Å². The average Bonchev–Trinajstić information content (AvgIpc) is 2.84. The molecule has 24 heavy (non-hydrogen) atoms. The molecule has 1 unspecified atom stereocenters. The standard InChI is InChI=1S/C18H23N3O3/c1-4-6-16(18(23)24)19-17(22)15-8-5-7-14(10-15)11-21-13(3)9-12(2)20-21/h5,7-10,16H,4,6,11H2,1-3H3,(H,19,22)(H,23,24). The van der Waals surface area contributed by atoms with Gasteiger partial charge in [0.05, 0.1) is 12.2 Å². The summed E-state index contributed by atoms with van der Waals surface area (Å²) in [6.45, 7) is 6.38. The van der Waals surface area contributed by atoms with Crippen molar-refractivity contribution >= 4 is 11.9 Å². The van der Waals surface area contributed by atoms with E-state index in [0.717, 1.165) is 17.0 Å². The van der Waals surface area contributed by atoms with Crippen LogP contribution in [0.3, 0.4) is 0 Å². The minimum atomic E-state index is -1.01. The predicted octanol–water partition coefficient (Wildman–Crippen LogP) is 2.53. The normalized spacial score (nSPS) is 12.0. The van der Waals surface area contributed by atoms with Gasteiger partial charge in [-0.3, -0.25) is 9.48 Å². The summed E-state index contributed by atoms with van der Waals surface area (Å²) in [6, 6.07) is 8.32. The van der Waals surface area contributed by atoms with Gasteiger partial charge in [0.15, 0.2) is 0 Å². The van der Waals surface area contributed by atoms with Crippen molar-refractivity contribution in [3.8, 4) is 0 Å². The van der Waals surface area contributed by atoms with Crippen LogP contribution in [0, 0.1) is 13.8 Å². The Bertz CT molecular complexity index is 737. The SMILES string of the molecule is CCCC(NC(=O)c1cccc(Cn2nc(C)cc2C)c1)C(=O)O. The highest BCUT2D eigenvalue weighted by molar-refractivity contribution is 5.96. The van der Waals surface area contributed by atoms with Gasteiger partial charge in [-0.1, -0.05) is 25.5 Å². The number of hydrogen-bond acceptors (Lipinski definition) is 3. The van der Waals surface area contributed by atoms with E-state index in [1.165, 1.54) is 0 Å². The molecule has 0 aliphatic rings. The molecule has 0 saturated carbocycles. The number of nitrogens with zero attached hydrogens (tertiary/aromatic N) is 2. The highest BCUT2D eigenvalue weighted by Gasteiger charge is 2.19. The molecule has 6 nitrogen and oxygen atoms in total. The Hall–Kier alpha value is -2.63. The van der Waals surface area contributed by atoms with Crippen LogP contribution in [-0.4, -0.2) is 32.8 Å². The van der Waals surface area contributed by atoms with Crippen molar-refractivity contribution in [3.05, 3.63) is 52.8 Å². The number of amides is 1. The van der Waals surface area contributed by atoms with Crippen molar-refractivity contribution in [2.24, 2.45) is 0 Å². The van der Waals surface area contributed by atoms with Crippen molar-refractivity contribution in [2.45, 2.75) is 46.2 Å². The van der Waals surface area contributed by atoms with Crippen LogP contribution in [0.1, 0.15) is 47.1 Å². The molecule has 6 heteroatoms. The fourth-order valence-electron chi connectivity index (χ4n) is 2.61. The van der Waals surface area contributed by atoms with E-state index in [1.807, 2.05) is 37.6 Å². The largest absolute Gasteiger partial charge is 0.480 e. The number of benzene rings is 1. The highest BCUT2D eigenvalue weighted by atomic mass is 16.4. The van der Waals surface area contributed by atoms with E-state index < -0.39 is 12.0 Å². The number of nitrogens with one attached hydrogen (secondary N) is 1. The second-order valence-corrected chi connectivity index (χ2v) is 5.94. The zero-order chi connectivity index (χ0) is 17.7. The Morgan fingerprint density at radius 3 is 2.62 bits per heavy atom. The Kier molecular flexibility index (Phi) is 5.73. The molecule has 1 aromatic heterocycles. The summed E-state index contributed by atoms with van der Waals surface area (Å²) in [5.74, 6) is -1.38. The van der Waals surface area contributed by atoms with Crippen LogP contribution >= 0.6 is 0 Å². The van der Waals surface area contributed by atoms with Gasteiger partial charge < -0.3 is 10.4 Å². The van der Waals surface area contributed by atoms with Gasteiger partial charge in [-0.05, 0) is 44.0 Å². The molecule has 0 bridgehead atoms. The first-order valence-electron chi connectivity index (χ1n) is 8.04. The molecule has 128 valence electrons. The number of carbonyl (C=O) groups excluding carboxylic acids is 1. The van der Waals surface area contributed by atoms with Crippen LogP contribution in [0.5, 0.6) is 0 Å². The van der Waals surface area contributed by atoms with Gasteiger partial charge >= 0.3 is 5.97 Å². The first-order valence-corrected chi connectivity index (χ1v) is 8.04. The minimum absolute atomic E-state index is 0.369. The molecule has 0 spiro atoms. The zero-order valence-electron chi connectivity index (χ0n) is 14.2. The van der Waals surface area contributed by atoms with Crippen LogP contribution in [0.4, 0.5) is 0 Å². The van der Waals surface area contributed by atoms with Crippen molar-refractivity contribution in [1.29, 1.82) is 0 Å². The van der Waals surface area contributed by atoms with E-state index in [1.54, 1.807) is 18.2 Å². The van der Waals surface area contributed by atoms with Gasteiger partial charge in [-0.25, -0.2) is 4.79 Å². The lowest BCUT2D eigenvalue weighted by Gasteiger charge is -2.14. The summed E-state index contributed by atoms with van der Waals surface area (Å²) in [5, 5.41) is 16.1. The molecule has 0 saturated heterocycles. The number of rotatable bonds is 7. The fraction of sp³-hybridized carbons (Fsp3) is 0.389. The first kappa shape index (κ1) is 17.7. The number of carboxylic acids is 1. The van der Waals surface area contributed by atoms with Gasteiger partial charge in [-0.15, -0.1) is 0 Å². The topological polar surface area (TPSA) is 84.2 Å². The molecule has 2 aromatic rings. The van der Waals surface area contributed by atoms with Crippen molar-refractivity contribution in [3.63, 3.8) is 0 Å². The molecular weight excluding hydrogens is 306 g/mol. The molecule has 2 N–H and O–H groups in total. The van der Waals surface area contributed by atoms with Crippen LogP contribution in [0.15, 0.2) is 30.3 Å². The third-order valence-electron chi connectivity index (χ3n) is 3.81. The minimum Gasteiger partial charge on any atom is -0.480 e. The number of carbonyl (C=O) groups is 2. The number of hydrogen-bond donors (Lipinski definition) is 2. The molecule has 2 rings (SSSR count). The Morgan fingerprint density at radius 1 is 1.29 bits per heavy atom. The van der Waals surface area contributed by atoms with Gasteiger partial charge in [-0.2, -0.15) is 5.10 Å². The van der Waals surface area contributed by atoms with E-state index in [0.29, 0.717) is 24.9 Å². The summed E-state index contributed by atoms with van der Waals surface area (Å²) in [5.41, 5.74) is 3.40. The second kappa shape index (κ2) is 7.77. The highest BCUT2D eigenvalue weighted by Crippen LogP contribution is 2.10. The smallest absolute Gasteiger partial charge is 0.326 e. The average molecular weight is 329 g/mol. The zero-order valence-corrected chi connectivity index (χ0v) is 14.2. The van der Waals surface area contributed by atoms with E-state index in [2.05, 4.69) is 10.4 Å². The number of aliphatic carboxylic acids is 1. The Labute approximate surface area is 141 Å². The molecule has 1 amide bonds. The monoisotopic (exact) mass is 329 g/mol. The lowest BCUT2D eigenvalue weighted by Crippen LogP contribution is -2.40. The van der Waals surface area contributed by atoms with Crippen LogP contribution < -0.4 is 5.32 Å². The van der Waals surface area contributed by atoms with Crippen molar-refractivity contribution in [1.82, 2.24) is 15.1 Å². The molecule has 1 atom stereocenters. The van der Waals surface area contributed by atoms with Crippen LogP contribution in [0.2, 0.25) is 0 Å². The Balaban J connectivity index is 2.13. The third kappa shape index (κ3) is 4.44. The van der Waals surface area contributed by atoms with Gasteiger partial charge in [0.25, 0.3) is 5.91 Å². The maximum Gasteiger partial charge on any atom is 0.326 e. The molecule has 1 aromatic carbocycles. The lowest BCUT2D eigenvalue weighted by molar-refractivity contribution is -0.139. The summed E-state index contributed by atoms with van der Waals surface area (Å²) < 4.78 is 1.88. The Morgan fingerprint density at radius 2 is 2.04 bits per heavy atom. The maximum absolute atomic E-state index is 12.3. The molecule has 0 radical (unpaired) electrons. The number of carboxylic acid groups (broad SMARTS) is 1. The van der Waals surface area contributed by atoms with E-state index in [9.17, 15) is 9.59 Å². The second-order valence-electron chi connectivity index (χ2n) is 5.94. The summed E-state index contributed by atoms with van der Waals surface area (Å²) in [7, 11) is 0. The van der Waals surface area contributed by atoms with Crippen molar-refractivity contribution in [2.75, 3.05) is 0 Å². The first-order chi connectivity index (χ1) is 11.4. The number of aromatic nitrogens is 2. The van der Waals surface area contributed by atoms with Crippen molar-refractivity contribution < 1.29 is 14.7 Å². The van der Waals surface area contributed by atoms with E-state index in [4.69, 9.17) is 5.11 Å². The molecule has 0 fully saturated rings. The van der Waals surface area contributed by atoms with Crippen LogP contribution in [0.25, 0.3) is 0 Å². The number of aryl methyl sites for hydroxylation is 2. The molecular formula is C18H23N3O3. The molecule has 1 heterocycles. The lowest BCUT2D eigenvalue weighted by atomic mass is 10.1. The quantitative estimate of drug-likeness (QED) is 0.817. The maximum atomic E-state index is 12.3. The fourth-order valence-corrected chi connectivity index (χ4v) is 2.61. The van der Waals surface area contributed by atoms with Crippen LogP contribution in [-0.2, 0) is 11.3 Å². The summed E-state index contributed by atoms with van der Waals surface area (Å²) >= 11 is 0. The summed E-state index contributed by atoms with van der Waals surface area (Å²) in [6.07, 6.45) is 1.10.